The van der Waals surface area contributed by atoms with Gasteiger partial charge >= 0.3 is 6.09 Å². The molecule has 1 aromatic carbocycles. The zero-order valence-electron chi connectivity index (χ0n) is 12.0. The van der Waals surface area contributed by atoms with Crippen molar-refractivity contribution < 1.29 is 14.3 Å². The fourth-order valence-corrected chi connectivity index (χ4v) is 2.83. The highest BCUT2D eigenvalue weighted by atomic mass is 32.1. The SMILES string of the molecule is CC(C)(C)OC(=O)Nc1ccc2sc(N)c(C(N)=O)c2c1. The highest BCUT2D eigenvalue weighted by molar-refractivity contribution is 7.23. The van der Waals surface area contributed by atoms with Crippen LogP contribution in [0.15, 0.2) is 18.2 Å². The van der Waals surface area contributed by atoms with Gasteiger partial charge in [-0.15, -0.1) is 11.3 Å². The normalized spacial score (nSPS) is 11.4. The van der Waals surface area contributed by atoms with Crippen molar-refractivity contribution in [3.63, 3.8) is 0 Å². The van der Waals surface area contributed by atoms with E-state index < -0.39 is 17.6 Å². The van der Waals surface area contributed by atoms with Gasteiger partial charge in [-0.2, -0.15) is 0 Å². The number of amides is 2. The van der Waals surface area contributed by atoms with E-state index in [1.807, 2.05) is 0 Å². The van der Waals surface area contributed by atoms with Gasteiger partial charge in [-0.25, -0.2) is 4.79 Å². The van der Waals surface area contributed by atoms with Crippen molar-refractivity contribution in [2.45, 2.75) is 26.4 Å². The van der Waals surface area contributed by atoms with Crippen LogP contribution in [-0.2, 0) is 4.74 Å². The van der Waals surface area contributed by atoms with Gasteiger partial charge in [-0.3, -0.25) is 10.1 Å². The van der Waals surface area contributed by atoms with E-state index in [0.717, 1.165) is 4.70 Å². The third-order valence-electron chi connectivity index (χ3n) is 2.61. The van der Waals surface area contributed by atoms with Crippen LogP contribution >= 0.6 is 11.3 Å². The summed E-state index contributed by atoms with van der Waals surface area (Å²) in [6.45, 7) is 5.33. The average Bonchev–Trinajstić information content (AvgIpc) is 2.61. The number of anilines is 2. The van der Waals surface area contributed by atoms with Gasteiger partial charge in [0, 0.05) is 15.8 Å². The molecule has 0 fully saturated rings. The van der Waals surface area contributed by atoms with Crippen LogP contribution < -0.4 is 16.8 Å². The zero-order valence-corrected chi connectivity index (χ0v) is 12.8. The smallest absolute Gasteiger partial charge is 0.412 e. The van der Waals surface area contributed by atoms with Crippen molar-refractivity contribution in [1.29, 1.82) is 0 Å². The number of hydrogen-bond acceptors (Lipinski definition) is 5. The van der Waals surface area contributed by atoms with Crippen molar-refractivity contribution in [2.75, 3.05) is 11.1 Å². The van der Waals surface area contributed by atoms with E-state index in [9.17, 15) is 9.59 Å². The van der Waals surface area contributed by atoms with Gasteiger partial charge < -0.3 is 16.2 Å². The van der Waals surface area contributed by atoms with Crippen molar-refractivity contribution in [1.82, 2.24) is 0 Å². The lowest BCUT2D eigenvalue weighted by atomic mass is 10.1. The number of nitrogen functional groups attached to an aromatic ring is 1. The van der Waals surface area contributed by atoms with Gasteiger partial charge in [-0.1, -0.05) is 0 Å². The Labute approximate surface area is 126 Å². The third kappa shape index (κ3) is 3.43. The number of hydrogen-bond donors (Lipinski definition) is 3. The summed E-state index contributed by atoms with van der Waals surface area (Å²) in [6, 6.07) is 5.15. The average molecular weight is 307 g/mol. The molecular weight excluding hydrogens is 290 g/mol. The number of ether oxygens (including phenoxy) is 1. The summed E-state index contributed by atoms with van der Waals surface area (Å²) in [5.41, 5.74) is 11.3. The molecule has 0 unspecified atom stereocenters. The Kier molecular flexibility index (Phi) is 3.78. The highest BCUT2D eigenvalue weighted by Gasteiger charge is 2.18. The second-order valence-corrected chi connectivity index (χ2v) is 6.63. The maximum absolute atomic E-state index is 11.7. The minimum absolute atomic E-state index is 0.280. The molecule has 6 nitrogen and oxygen atoms in total. The molecule has 21 heavy (non-hydrogen) atoms. The van der Waals surface area contributed by atoms with Crippen molar-refractivity contribution in [3.8, 4) is 0 Å². The molecule has 0 spiro atoms. The van der Waals surface area contributed by atoms with Crippen LogP contribution in [0.2, 0.25) is 0 Å². The maximum Gasteiger partial charge on any atom is 0.412 e. The summed E-state index contributed by atoms with van der Waals surface area (Å²) in [5.74, 6) is -0.590. The first kappa shape index (κ1) is 15.1. The lowest BCUT2D eigenvalue weighted by Crippen LogP contribution is -2.27. The van der Waals surface area contributed by atoms with E-state index in [0.29, 0.717) is 16.1 Å². The molecular formula is C14H17N3O3S. The Hall–Kier alpha value is -2.28. The molecule has 0 aliphatic rings. The topological polar surface area (TPSA) is 107 Å². The number of thiophene rings is 1. The van der Waals surface area contributed by atoms with E-state index in [1.165, 1.54) is 11.3 Å². The molecule has 0 aliphatic carbocycles. The van der Waals surface area contributed by atoms with Gasteiger partial charge in [0.2, 0.25) is 0 Å². The molecule has 2 rings (SSSR count). The van der Waals surface area contributed by atoms with Crippen molar-refractivity contribution in [3.05, 3.63) is 23.8 Å². The van der Waals surface area contributed by atoms with Gasteiger partial charge in [0.05, 0.1) is 10.6 Å². The quantitative estimate of drug-likeness (QED) is 0.792. The van der Waals surface area contributed by atoms with E-state index >= 15 is 0 Å². The molecule has 0 saturated carbocycles. The van der Waals surface area contributed by atoms with Gasteiger partial charge in [-0.05, 0) is 39.0 Å². The third-order valence-corrected chi connectivity index (χ3v) is 3.61. The monoisotopic (exact) mass is 307 g/mol. The Bertz CT molecular complexity index is 716. The summed E-state index contributed by atoms with van der Waals surface area (Å²) in [6.07, 6.45) is -0.564. The molecule has 1 heterocycles. The minimum Gasteiger partial charge on any atom is -0.444 e. The van der Waals surface area contributed by atoms with E-state index in [4.69, 9.17) is 16.2 Å². The van der Waals surface area contributed by atoms with Crippen molar-refractivity contribution >= 4 is 44.1 Å². The summed E-state index contributed by atoms with van der Waals surface area (Å²) >= 11 is 1.28. The van der Waals surface area contributed by atoms with Gasteiger partial charge in [0.25, 0.3) is 5.91 Å². The molecule has 5 N–H and O–H groups in total. The molecule has 0 bridgehead atoms. The predicted octanol–water partition coefficient (Wildman–Crippen LogP) is 2.93. The van der Waals surface area contributed by atoms with Crippen molar-refractivity contribution in [2.24, 2.45) is 5.73 Å². The molecule has 2 aromatic rings. The number of fused-ring (bicyclic) bond motifs is 1. The number of nitrogens with two attached hydrogens (primary N) is 2. The Morgan fingerprint density at radius 1 is 1.29 bits per heavy atom. The molecule has 2 amide bonds. The molecule has 7 heteroatoms. The summed E-state index contributed by atoms with van der Waals surface area (Å²) in [4.78, 5) is 23.2. The molecule has 0 radical (unpaired) electrons. The molecule has 0 saturated heterocycles. The van der Waals surface area contributed by atoms with E-state index in [1.54, 1.807) is 39.0 Å². The first-order valence-corrected chi connectivity index (χ1v) is 7.11. The van der Waals surface area contributed by atoms with Gasteiger partial charge in [0.15, 0.2) is 0 Å². The maximum atomic E-state index is 11.7. The summed E-state index contributed by atoms with van der Waals surface area (Å²) in [5, 5.41) is 3.61. The molecule has 1 aromatic heterocycles. The van der Waals surface area contributed by atoms with Crippen LogP contribution in [0.25, 0.3) is 10.1 Å². The largest absolute Gasteiger partial charge is 0.444 e. The number of carbonyl (C=O) groups excluding carboxylic acids is 2. The van der Waals surface area contributed by atoms with Crippen LogP contribution in [0.4, 0.5) is 15.5 Å². The first-order valence-electron chi connectivity index (χ1n) is 6.29. The summed E-state index contributed by atoms with van der Waals surface area (Å²) < 4.78 is 6.00. The molecule has 0 atom stereocenters. The minimum atomic E-state index is -0.590. The summed E-state index contributed by atoms with van der Waals surface area (Å²) in [7, 11) is 0. The van der Waals surface area contributed by atoms with Crippen LogP contribution in [-0.4, -0.2) is 17.6 Å². The number of carbonyl (C=O) groups is 2. The van der Waals surface area contributed by atoms with E-state index in [-0.39, 0.29) is 5.56 Å². The standard InChI is InChI=1S/C14H17N3O3S/c1-14(2,3)20-13(19)17-7-4-5-9-8(6-7)10(11(15)18)12(16)21-9/h4-6H,16H2,1-3H3,(H2,15,18)(H,17,19). The highest BCUT2D eigenvalue weighted by Crippen LogP contribution is 2.34. The zero-order chi connectivity index (χ0) is 15.8. The van der Waals surface area contributed by atoms with Crippen LogP contribution in [0.1, 0.15) is 31.1 Å². The second-order valence-electron chi connectivity index (χ2n) is 5.54. The number of primary amides is 1. The number of benzene rings is 1. The van der Waals surface area contributed by atoms with E-state index in [2.05, 4.69) is 5.32 Å². The number of rotatable bonds is 2. The Morgan fingerprint density at radius 3 is 2.52 bits per heavy atom. The lowest BCUT2D eigenvalue weighted by molar-refractivity contribution is 0.0636. The van der Waals surface area contributed by atoms with Gasteiger partial charge in [0.1, 0.15) is 5.60 Å². The Morgan fingerprint density at radius 2 is 1.95 bits per heavy atom. The van der Waals surface area contributed by atoms with Crippen LogP contribution in [0.5, 0.6) is 0 Å². The first-order chi connectivity index (χ1) is 9.67. The number of nitrogens with one attached hydrogen (secondary N) is 1. The van der Waals surface area contributed by atoms with Crippen LogP contribution in [0.3, 0.4) is 0 Å². The fourth-order valence-electron chi connectivity index (χ4n) is 1.87. The fraction of sp³-hybridized carbons (Fsp3) is 0.286. The predicted molar refractivity (Wildman–Crippen MR) is 84.6 cm³/mol. The Balaban J connectivity index is 2.32. The second kappa shape index (κ2) is 5.25. The van der Waals surface area contributed by atoms with Crippen LogP contribution in [0, 0.1) is 0 Å². The molecule has 0 aliphatic heterocycles. The molecule has 112 valence electrons. The lowest BCUT2D eigenvalue weighted by Gasteiger charge is -2.19.